The Labute approximate surface area is 102 Å². The molecule has 0 bridgehead atoms. The highest BCUT2D eigenvalue weighted by atomic mass is 16.5. The molecule has 2 nitrogen and oxygen atoms in total. The van der Waals surface area contributed by atoms with Gasteiger partial charge >= 0.3 is 0 Å². The summed E-state index contributed by atoms with van der Waals surface area (Å²) in [5.74, 6) is 1.47. The quantitative estimate of drug-likeness (QED) is 0.727. The van der Waals surface area contributed by atoms with E-state index < -0.39 is 0 Å². The molecule has 0 amide bonds. The maximum absolute atomic E-state index is 5.53. The molecule has 1 aliphatic carbocycles. The van der Waals surface area contributed by atoms with Gasteiger partial charge in [0.15, 0.2) is 0 Å². The van der Waals surface area contributed by atoms with Crippen LogP contribution < -0.4 is 4.74 Å². The third-order valence-electron chi connectivity index (χ3n) is 3.99. The summed E-state index contributed by atoms with van der Waals surface area (Å²) in [7, 11) is 1.70. The minimum atomic E-state index is 0.324. The topological polar surface area (TPSA) is 18.5 Å². The van der Waals surface area contributed by atoms with E-state index in [1.54, 1.807) is 7.11 Å². The van der Waals surface area contributed by atoms with Crippen LogP contribution in [0.25, 0.3) is 0 Å². The van der Waals surface area contributed by atoms with Crippen LogP contribution in [0.4, 0.5) is 0 Å². The predicted octanol–water partition coefficient (Wildman–Crippen LogP) is 3.15. The van der Waals surface area contributed by atoms with Crippen LogP contribution in [0, 0.1) is 5.41 Å². The SMILES string of the molecule is COc1ccc(C2C=C[C@]3(CCOC3)C2)cc1. The number of rotatable bonds is 2. The van der Waals surface area contributed by atoms with Crippen LogP contribution >= 0.6 is 0 Å². The van der Waals surface area contributed by atoms with Crippen molar-refractivity contribution in [3.05, 3.63) is 42.0 Å². The van der Waals surface area contributed by atoms with Crippen LogP contribution in [0.1, 0.15) is 24.3 Å². The average molecular weight is 230 g/mol. The van der Waals surface area contributed by atoms with Gasteiger partial charge in [0.2, 0.25) is 0 Å². The van der Waals surface area contributed by atoms with E-state index in [0.29, 0.717) is 11.3 Å². The number of allylic oxidation sites excluding steroid dienone is 1. The fourth-order valence-electron chi connectivity index (χ4n) is 2.89. The molecule has 0 saturated carbocycles. The van der Waals surface area contributed by atoms with Gasteiger partial charge in [0, 0.05) is 17.9 Å². The lowest BCUT2D eigenvalue weighted by molar-refractivity contribution is 0.168. The van der Waals surface area contributed by atoms with Crippen molar-refractivity contribution in [3.8, 4) is 5.75 Å². The van der Waals surface area contributed by atoms with Gasteiger partial charge < -0.3 is 9.47 Å². The Morgan fingerprint density at radius 2 is 2.12 bits per heavy atom. The first-order chi connectivity index (χ1) is 8.31. The van der Waals surface area contributed by atoms with Gasteiger partial charge in [-0.2, -0.15) is 0 Å². The van der Waals surface area contributed by atoms with Gasteiger partial charge in [-0.15, -0.1) is 0 Å². The molecule has 0 N–H and O–H groups in total. The Morgan fingerprint density at radius 3 is 2.76 bits per heavy atom. The minimum Gasteiger partial charge on any atom is -0.497 e. The first-order valence-corrected chi connectivity index (χ1v) is 6.22. The van der Waals surface area contributed by atoms with Gasteiger partial charge in [-0.1, -0.05) is 24.3 Å². The summed E-state index contributed by atoms with van der Waals surface area (Å²) in [4.78, 5) is 0. The maximum atomic E-state index is 5.53. The molecular weight excluding hydrogens is 212 g/mol. The second kappa shape index (κ2) is 4.19. The highest BCUT2D eigenvalue weighted by Gasteiger charge is 2.38. The molecule has 2 atom stereocenters. The third kappa shape index (κ3) is 1.98. The van der Waals surface area contributed by atoms with Crippen LogP contribution in [0.5, 0.6) is 5.75 Å². The Bertz CT molecular complexity index is 413. The Kier molecular flexibility index (Phi) is 2.67. The molecule has 0 radical (unpaired) electrons. The van der Waals surface area contributed by atoms with Crippen molar-refractivity contribution in [2.45, 2.75) is 18.8 Å². The Balaban J connectivity index is 1.75. The van der Waals surface area contributed by atoms with E-state index in [1.165, 1.54) is 18.4 Å². The van der Waals surface area contributed by atoms with Gasteiger partial charge in [-0.05, 0) is 30.5 Å². The molecule has 1 heterocycles. The third-order valence-corrected chi connectivity index (χ3v) is 3.99. The zero-order valence-electron chi connectivity index (χ0n) is 10.2. The second-order valence-corrected chi connectivity index (χ2v) is 5.11. The highest BCUT2D eigenvalue weighted by molar-refractivity contribution is 5.34. The lowest BCUT2D eigenvalue weighted by atomic mass is 9.83. The van der Waals surface area contributed by atoms with Crippen LogP contribution in [0.3, 0.4) is 0 Å². The van der Waals surface area contributed by atoms with Crippen molar-refractivity contribution < 1.29 is 9.47 Å². The standard InChI is InChI=1S/C15H18O2/c1-16-14-4-2-12(3-5-14)13-6-7-15(10-13)8-9-17-11-15/h2-7,13H,8-11H2,1H3/t13?,15-/m0/s1. The van der Waals surface area contributed by atoms with Crippen LogP contribution in [0.2, 0.25) is 0 Å². The zero-order valence-corrected chi connectivity index (χ0v) is 10.2. The maximum Gasteiger partial charge on any atom is 0.118 e. The summed E-state index contributed by atoms with van der Waals surface area (Å²) in [6.07, 6.45) is 7.08. The summed E-state index contributed by atoms with van der Waals surface area (Å²) < 4.78 is 10.7. The molecule has 2 aliphatic rings. The summed E-state index contributed by atoms with van der Waals surface area (Å²) in [5, 5.41) is 0. The summed E-state index contributed by atoms with van der Waals surface area (Å²) in [6.45, 7) is 1.82. The molecule has 1 saturated heterocycles. The zero-order chi connectivity index (χ0) is 11.7. The first-order valence-electron chi connectivity index (χ1n) is 6.22. The van der Waals surface area contributed by atoms with Crippen molar-refractivity contribution in [2.24, 2.45) is 5.41 Å². The van der Waals surface area contributed by atoms with Gasteiger partial charge in [0.25, 0.3) is 0 Å². The van der Waals surface area contributed by atoms with Gasteiger partial charge in [0.05, 0.1) is 13.7 Å². The van der Waals surface area contributed by atoms with Crippen molar-refractivity contribution in [2.75, 3.05) is 20.3 Å². The van der Waals surface area contributed by atoms with E-state index in [0.717, 1.165) is 19.0 Å². The highest BCUT2D eigenvalue weighted by Crippen LogP contribution is 2.45. The molecule has 1 aromatic carbocycles. The van der Waals surface area contributed by atoms with Crippen molar-refractivity contribution in [3.63, 3.8) is 0 Å². The lowest BCUT2D eigenvalue weighted by Gasteiger charge is -2.20. The molecule has 1 fully saturated rings. The van der Waals surface area contributed by atoms with E-state index in [4.69, 9.17) is 9.47 Å². The van der Waals surface area contributed by atoms with Crippen molar-refractivity contribution in [1.82, 2.24) is 0 Å². The predicted molar refractivity (Wildman–Crippen MR) is 67.4 cm³/mol. The number of methoxy groups -OCH3 is 1. The smallest absolute Gasteiger partial charge is 0.118 e. The molecule has 3 rings (SSSR count). The molecule has 1 unspecified atom stereocenters. The van der Waals surface area contributed by atoms with Crippen LogP contribution in [-0.4, -0.2) is 20.3 Å². The molecular formula is C15H18O2. The minimum absolute atomic E-state index is 0.324. The van der Waals surface area contributed by atoms with Crippen LogP contribution in [-0.2, 0) is 4.74 Å². The van der Waals surface area contributed by atoms with Crippen molar-refractivity contribution in [1.29, 1.82) is 0 Å². The molecule has 2 heteroatoms. The molecule has 17 heavy (non-hydrogen) atoms. The number of hydrogen-bond donors (Lipinski definition) is 0. The van der Waals surface area contributed by atoms with E-state index in [9.17, 15) is 0 Å². The molecule has 90 valence electrons. The Hall–Kier alpha value is -1.28. The summed E-state index contributed by atoms with van der Waals surface area (Å²) in [6, 6.07) is 8.42. The van der Waals surface area contributed by atoms with E-state index >= 15 is 0 Å². The monoisotopic (exact) mass is 230 g/mol. The van der Waals surface area contributed by atoms with Gasteiger partial charge in [-0.25, -0.2) is 0 Å². The number of benzene rings is 1. The second-order valence-electron chi connectivity index (χ2n) is 5.11. The first kappa shape index (κ1) is 10.8. The van der Waals surface area contributed by atoms with Gasteiger partial charge in [-0.3, -0.25) is 0 Å². The lowest BCUT2D eigenvalue weighted by Crippen LogP contribution is -2.15. The fourth-order valence-corrected chi connectivity index (χ4v) is 2.89. The molecule has 1 spiro atoms. The van der Waals surface area contributed by atoms with E-state index in [-0.39, 0.29) is 0 Å². The van der Waals surface area contributed by atoms with Crippen LogP contribution in [0.15, 0.2) is 36.4 Å². The molecule has 1 aliphatic heterocycles. The van der Waals surface area contributed by atoms with Gasteiger partial charge in [0.1, 0.15) is 5.75 Å². The summed E-state index contributed by atoms with van der Waals surface area (Å²) in [5.41, 5.74) is 1.70. The largest absolute Gasteiger partial charge is 0.497 e. The normalized spacial score (nSPS) is 31.2. The number of hydrogen-bond acceptors (Lipinski definition) is 2. The van der Waals surface area contributed by atoms with Crippen molar-refractivity contribution >= 4 is 0 Å². The van der Waals surface area contributed by atoms with E-state index in [2.05, 4.69) is 24.3 Å². The molecule has 0 aromatic heterocycles. The number of ether oxygens (including phenoxy) is 2. The fraction of sp³-hybridized carbons (Fsp3) is 0.467. The Morgan fingerprint density at radius 1 is 1.29 bits per heavy atom. The average Bonchev–Trinajstić information content (AvgIpc) is 3.01. The summed E-state index contributed by atoms with van der Waals surface area (Å²) >= 11 is 0. The van der Waals surface area contributed by atoms with E-state index in [1.807, 2.05) is 12.1 Å². The molecule has 1 aromatic rings.